The van der Waals surface area contributed by atoms with Crippen molar-refractivity contribution in [1.82, 2.24) is 4.98 Å². The molecule has 0 aromatic carbocycles. The molecule has 0 radical (unpaired) electrons. The Kier molecular flexibility index (Phi) is 3.00. The zero-order chi connectivity index (χ0) is 11.8. The maximum Gasteiger partial charge on any atom is 0.269 e. The van der Waals surface area contributed by atoms with E-state index in [1.54, 1.807) is 0 Å². The summed E-state index contributed by atoms with van der Waals surface area (Å²) in [5.74, 6) is -1.52. The first-order chi connectivity index (χ1) is 6.73. The number of nitrogens with zero attached hydrogens (tertiary/aromatic N) is 1. The van der Waals surface area contributed by atoms with Crippen molar-refractivity contribution in [3.63, 3.8) is 0 Å². The number of nitrogens with two attached hydrogens (primary N) is 1. The van der Waals surface area contributed by atoms with Crippen molar-refractivity contribution in [3.05, 3.63) is 23.3 Å². The van der Waals surface area contributed by atoms with Gasteiger partial charge in [-0.05, 0) is 13.0 Å². The molecule has 0 aliphatic carbocycles. The van der Waals surface area contributed by atoms with E-state index in [-0.39, 0.29) is 5.69 Å². The van der Waals surface area contributed by atoms with E-state index < -0.39 is 32.9 Å². The molecular weight excluding hydrogens is 233 g/mol. The summed E-state index contributed by atoms with van der Waals surface area (Å²) in [6.45, 7) is 1.27. The van der Waals surface area contributed by atoms with Crippen molar-refractivity contribution in [1.29, 1.82) is 0 Å². The lowest BCUT2D eigenvalue weighted by Gasteiger charge is -2.08. The second kappa shape index (κ2) is 3.78. The molecule has 4 nitrogen and oxygen atoms in total. The predicted molar refractivity (Wildman–Crippen MR) is 45.3 cm³/mol. The van der Waals surface area contributed by atoms with Crippen LogP contribution >= 0.6 is 0 Å². The van der Waals surface area contributed by atoms with Gasteiger partial charge < -0.3 is 0 Å². The zero-order valence-corrected chi connectivity index (χ0v) is 8.35. The first-order valence-electron chi connectivity index (χ1n) is 3.71. The molecule has 0 saturated heterocycles. The topological polar surface area (TPSA) is 73.1 Å². The number of hydrogen-bond acceptors (Lipinski definition) is 3. The second-order valence-electron chi connectivity index (χ2n) is 2.81. The Labute approximate surface area is 84.0 Å². The highest BCUT2D eigenvalue weighted by molar-refractivity contribution is 7.89. The summed E-state index contributed by atoms with van der Waals surface area (Å²) in [6, 6.07) is 0.805. The van der Waals surface area contributed by atoms with E-state index in [9.17, 15) is 21.6 Å². The normalized spacial score (nSPS) is 12.1. The Balaban J connectivity index is 3.62. The largest absolute Gasteiger partial charge is 0.269 e. The molecule has 0 amide bonds. The van der Waals surface area contributed by atoms with Gasteiger partial charge in [0.1, 0.15) is 0 Å². The first-order valence-corrected chi connectivity index (χ1v) is 5.26. The Bertz CT molecular complexity index is 487. The minimum atomic E-state index is -4.38. The standard InChI is InChI=1S/C7H7F3N2O2S/c1-3-2-4(15(11,13)14)5(6(8)9)7(10)12-3/h2,6H,1H3,(H2,11,13,14). The molecule has 84 valence electrons. The van der Waals surface area contributed by atoms with Crippen molar-refractivity contribution in [2.24, 2.45) is 5.14 Å². The Morgan fingerprint density at radius 2 is 2.00 bits per heavy atom. The van der Waals surface area contributed by atoms with E-state index in [4.69, 9.17) is 0 Å². The van der Waals surface area contributed by atoms with Gasteiger partial charge in [-0.2, -0.15) is 4.39 Å². The molecule has 0 saturated carbocycles. The molecule has 1 rings (SSSR count). The third-order valence-electron chi connectivity index (χ3n) is 1.63. The van der Waals surface area contributed by atoms with Gasteiger partial charge in [-0.1, -0.05) is 0 Å². The lowest BCUT2D eigenvalue weighted by atomic mass is 10.2. The van der Waals surface area contributed by atoms with Crippen LogP contribution in [0.3, 0.4) is 0 Å². The van der Waals surface area contributed by atoms with E-state index in [0.29, 0.717) is 0 Å². The number of sulfonamides is 1. The first kappa shape index (κ1) is 11.9. The van der Waals surface area contributed by atoms with Gasteiger partial charge in [-0.15, -0.1) is 0 Å². The highest BCUT2D eigenvalue weighted by Crippen LogP contribution is 2.27. The van der Waals surface area contributed by atoms with Crippen LogP contribution in [0.1, 0.15) is 17.7 Å². The molecule has 15 heavy (non-hydrogen) atoms. The van der Waals surface area contributed by atoms with Crippen LogP contribution in [0.15, 0.2) is 11.0 Å². The van der Waals surface area contributed by atoms with Gasteiger partial charge in [-0.3, -0.25) is 0 Å². The van der Waals surface area contributed by atoms with Gasteiger partial charge in [-0.25, -0.2) is 27.3 Å². The Hall–Kier alpha value is -1.15. The fourth-order valence-electron chi connectivity index (χ4n) is 1.05. The van der Waals surface area contributed by atoms with Crippen molar-refractivity contribution in [3.8, 4) is 0 Å². The summed E-state index contributed by atoms with van der Waals surface area (Å²) in [5.41, 5.74) is -1.33. The Morgan fingerprint density at radius 3 is 2.40 bits per heavy atom. The molecule has 0 spiro atoms. The van der Waals surface area contributed by atoms with E-state index in [1.165, 1.54) is 6.92 Å². The number of primary sulfonamides is 1. The molecule has 1 aromatic rings. The van der Waals surface area contributed by atoms with Crippen LogP contribution in [-0.4, -0.2) is 13.4 Å². The predicted octanol–water partition coefficient (Wildman–Crippen LogP) is 1.11. The van der Waals surface area contributed by atoms with Crippen molar-refractivity contribution < 1.29 is 21.6 Å². The third-order valence-corrected chi connectivity index (χ3v) is 2.58. The monoisotopic (exact) mass is 240 g/mol. The van der Waals surface area contributed by atoms with Gasteiger partial charge in [0, 0.05) is 5.69 Å². The van der Waals surface area contributed by atoms with Crippen LogP contribution in [0.25, 0.3) is 0 Å². The SMILES string of the molecule is Cc1cc(S(N)(=O)=O)c(C(F)F)c(F)n1. The van der Waals surface area contributed by atoms with Gasteiger partial charge in [0.25, 0.3) is 6.43 Å². The molecule has 8 heteroatoms. The molecule has 0 bridgehead atoms. The van der Waals surface area contributed by atoms with Gasteiger partial charge in [0.2, 0.25) is 16.0 Å². The van der Waals surface area contributed by atoms with Crippen LogP contribution < -0.4 is 5.14 Å². The van der Waals surface area contributed by atoms with Crippen LogP contribution in [-0.2, 0) is 10.0 Å². The van der Waals surface area contributed by atoms with Crippen molar-refractivity contribution in [2.45, 2.75) is 18.2 Å². The van der Waals surface area contributed by atoms with Crippen molar-refractivity contribution in [2.75, 3.05) is 0 Å². The molecule has 1 aromatic heterocycles. The van der Waals surface area contributed by atoms with Gasteiger partial charge in [0.15, 0.2) is 0 Å². The van der Waals surface area contributed by atoms with Gasteiger partial charge in [0.05, 0.1) is 10.5 Å². The average molecular weight is 240 g/mol. The zero-order valence-electron chi connectivity index (χ0n) is 7.54. The highest BCUT2D eigenvalue weighted by atomic mass is 32.2. The van der Waals surface area contributed by atoms with E-state index in [0.717, 1.165) is 6.07 Å². The van der Waals surface area contributed by atoms with E-state index in [1.807, 2.05) is 0 Å². The minimum Gasteiger partial charge on any atom is -0.225 e. The lowest BCUT2D eigenvalue weighted by molar-refractivity contribution is 0.141. The fraction of sp³-hybridized carbons (Fsp3) is 0.286. The number of aromatic nitrogens is 1. The molecule has 0 aliphatic rings. The van der Waals surface area contributed by atoms with Crippen LogP contribution in [0.4, 0.5) is 13.2 Å². The Morgan fingerprint density at radius 1 is 1.47 bits per heavy atom. The number of hydrogen-bond donors (Lipinski definition) is 1. The quantitative estimate of drug-likeness (QED) is 0.787. The number of alkyl halides is 2. The summed E-state index contributed by atoms with van der Waals surface area (Å²) >= 11 is 0. The van der Waals surface area contributed by atoms with Crippen LogP contribution in [0.2, 0.25) is 0 Å². The maximum atomic E-state index is 13.0. The van der Waals surface area contributed by atoms with Crippen molar-refractivity contribution >= 4 is 10.0 Å². The minimum absolute atomic E-state index is 0.0408. The molecule has 0 aliphatic heterocycles. The highest BCUT2D eigenvalue weighted by Gasteiger charge is 2.26. The smallest absolute Gasteiger partial charge is 0.225 e. The van der Waals surface area contributed by atoms with Crippen LogP contribution in [0.5, 0.6) is 0 Å². The van der Waals surface area contributed by atoms with E-state index >= 15 is 0 Å². The molecular formula is C7H7F3N2O2S. The number of halogens is 3. The molecule has 0 unspecified atom stereocenters. The number of aryl methyl sites for hydroxylation is 1. The summed E-state index contributed by atoms with van der Waals surface area (Å²) < 4.78 is 59.5. The third kappa shape index (κ3) is 2.45. The van der Waals surface area contributed by atoms with Crippen LogP contribution in [0, 0.1) is 12.9 Å². The summed E-state index contributed by atoms with van der Waals surface area (Å²) in [4.78, 5) is 2.17. The molecule has 0 fully saturated rings. The molecule has 1 heterocycles. The van der Waals surface area contributed by atoms with E-state index in [2.05, 4.69) is 10.1 Å². The summed E-state index contributed by atoms with van der Waals surface area (Å²) in [7, 11) is -4.38. The second-order valence-corrected chi connectivity index (χ2v) is 4.34. The lowest BCUT2D eigenvalue weighted by Crippen LogP contribution is -2.17. The average Bonchev–Trinajstić information content (AvgIpc) is 1.99. The fourth-order valence-corrected chi connectivity index (χ4v) is 1.86. The summed E-state index contributed by atoms with van der Waals surface area (Å²) in [6.07, 6.45) is -3.29. The summed E-state index contributed by atoms with van der Waals surface area (Å²) in [5, 5.41) is 4.68. The molecule has 2 N–H and O–H groups in total. The number of rotatable bonds is 2. The number of pyridine rings is 1. The maximum absolute atomic E-state index is 13.0. The van der Waals surface area contributed by atoms with Gasteiger partial charge >= 0.3 is 0 Å². The molecule has 0 atom stereocenters.